The normalized spacial score (nSPS) is 15.7. The predicted molar refractivity (Wildman–Crippen MR) is 76.5 cm³/mol. The smallest absolute Gasteiger partial charge is 0.287 e. The summed E-state index contributed by atoms with van der Waals surface area (Å²) in [6.45, 7) is 0. The molecule has 0 amide bonds. The Morgan fingerprint density at radius 2 is 0.757 bits per heavy atom. The van der Waals surface area contributed by atoms with Crippen molar-refractivity contribution in [3.05, 3.63) is 35.4 Å². The van der Waals surface area contributed by atoms with Gasteiger partial charge >= 0.3 is 53.8 Å². The number of ketones is 1. The second kappa shape index (κ2) is 8.50. The Morgan fingerprint density at radius 1 is 0.432 bits per heavy atom. The van der Waals surface area contributed by atoms with E-state index >= 15 is 0 Å². The summed E-state index contributed by atoms with van der Waals surface area (Å²) in [5.41, 5.74) is -4.89. The maximum Gasteiger partial charge on any atom is 0.460 e. The summed E-state index contributed by atoms with van der Waals surface area (Å²) in [4.78, 5) is 11.3. The SMILES string of the molecule is O=C(c1ccc(C(F)(F)C(F)(F)C(F)(F)C(F)(F)C(F)(F)C(F)(F)F)cc1)C(F)(F)C(F)(F)C(F)(F)F. The van der Waals surface area contributed by atoms with Crippen molar-refractivity contribution in [3.63, 3.8) is 0 Å². The number of hydrogen-bond donors (Lipinski definition) is 0. The van der Waals surface area contributed by atoms with Gasteiger partial charge in [0.25, 0.3) is 0 Å². The molecule has 0 saturated heterocycles. The quantitative estimate of drug-likeness (QED) is 0.222. The molecule has 0 N–H and O–H groups in total. The van der Waals surface area contributed by atoms with E-state index in [-0.39, 0.29) is 0 Å². The lowest BCUT2D eigenvalue weighted by Gasteiger charge is -2.39. The molecule has 0 spiro atoms. The van der Waals surface area contributed by atoms with Crippen LogP contribution < -0.4 is 0 Å². The molecule has 0 aromatic heterocycles. The number of halogens is 20. The Bertz CT molecular complexity index is 997. The molecule has 0 fully saturated rings. The largest absolute Gasteiger partial charge is 0.460 e. The lowest BCUT2D eigenvalue weighted by atomic mass is 9.89. The Morgan fingerprint density at radius 3 is 1.08 bits per heavy atom. The minimum absolute atomic E-state index is 0.678. The van der Waals surface area contributed by atoms with E-state index < -0.39 is 95.0 Å². The van der Waals surface area contributed by atoms with Gasteiger partial charge in [0.2, 0.25) is 5.78 Å². The molecule has 1 rings (SSSR count). The fourth-order valence-corrected chi connectivity index (χ4v) is 2.28. The van der Waals surface area contributed by atoms with Crippen molar-refractivity contribution in [2.24, 2.45) is 0 Å². The molecule has 0 bridgehead atoms. The third-order valence-corrected chi connectivity index (χ3v) is 4.48. The second-order valence-electron chi connectivity index (χ2n) is 6.92. The number of benzene rings is 1. The van der Waals surface area contributed by atoms with E-state index in [2.05, 4.69) is 0 Å². The van der Waals surface area contributed by atoms with Crippen molar-refractivity contribution in [3.8, 4) is 0 Å². The highest BCUT2D eigenvalue weighted by Gasteiger charge is 2.91. The first-order valence-corrected chi connectivity index (χ1v) is 8.31. The molecule has 37 heavy (non-hydrogen) atoms. The van der Waals surface area contributed by atoms with Crippen LogP contribution in [0.4, 0.5) is 87.8 Å². The number of hydrogen-bond acceptors (Lipinski definition) is 1. The monoisotopic (exact) mass is 592 g/mol. The Labute approximate surface area is 189 Å². The lowest BCUT2D eigenvalue weighted by molar-refractivity contribution is -0.441. The average molecular weight is 592 g/mol. The molecule has 1 nitrogen and oxygen atoms in total. The molecule has 0 unspecified atom stereocenters. The molecule has 0 atom stereocenters. The zero-order chi connectivity index (χ0) is 30.1. The van der Waals surface area contributed by atoms with Gasteiger partial charge in [0.05, 0.1) is 0 Å². The molecule has 0 aliphatic heterocycles. The van der Waals surface area contributed by atoms with Crippen molar-refractivity contribution >= 4 is 5.78 Å². The van der Waals surface area contributed by atoms with Gasteiger partial charge in [-0.2, -0.15) is 87.8 Å². The minimum atomic E-state index is -8.26. The van der Waals surface area contributed by atoms with Crippen LogP contribution in [0.3, 0.4) is 0 Å². The van der Waals surface area contributed by atoms with Gasteiger partial charge < -0.3 is 0 Å². The average Bonchev–Trinajstić information content (AvgIpc) is 2.70. The maximum absolute atomic E-state index is 14.0. The van der Waals surface area contributed by atoms with Gasteiger partial charge in [0.15, 0.2) is 0 Å². The van der Waals surface area contributed by atoms with Gasteiger partial charge in [0, 0.05) is 11.1 Å². The fourth-order valence-electron chi connectivity index (χ4n) is 2.28. The van der Waals surface area contributed by atoms with Gasteiger partial charge in [-0.1, -0.05) is 24.3 Å². The van der Waals surface area contributed by atoms with Gasteiger partial charge in [-0.3, -0.25) is 4.79 Å². The number of carbonyl (C=O) groups excluding carboxylic acids is 1. The first kappa shape index (κ1) is 32.5. The number of alkyl halides is 20. The molecule has 214 valence electrons. The third kappa shape index (κ3) is 4.44. The van der Waals surface area contributed by atoms with Crippen LogP contribution in [0.1, 0.15) is 15.9 Å². The van der Waals surface area contributed by atoms with Gasteiger partial charge in [-0.05, 0) is 0 Å². The van der Waals surface area contributed by atoms with Crippen LogP contribution in [0.5, 0.6) is 0 Å². The molecule has 0 aliphatic rings. The zero-order valence-corrected chi connectivity index (χ0v) is 16.3. The molecule has 1 aromatic rings. The molecule has 0 heterocycles. The number of rotatable bonds is 8. The van der Waals surface area contributed by atoms with Gasteiger partial charge in [0.1, 0.15) is 0 Å². The molecular formula is C16H4F20O. The van der Waals surface area contributed by atoms with Crippen LogP contribution in [0.25, 0.3) is 0 Å². The van der Waals surface area contributed by atoms with Crippen molar-refractivity contribution in [2.75, 3.05) is 0 Å². The summed E-state index contributed by atoms with van der Waals surface area (Å²) >= 11 is 0. The molecule has 21 heteroatoms. The first-order chi connectivity index (χ1) is 15.9. The Kier molecular flexibility index (Phi) is 7.47. The predicted octanol–water partition coefficient (Wildman–Crippen LogP) is 7.90. The standard InChI is InChI=1S/C16H4F20O/c17-8(18,10(21,22)12(25,26)13(27,28)14(29,30)16(34,35)36)6-3-1-5(2-4-6)7(37)9(19,20)11(23,24)15(31,32)33/h1-4H. The molecule has 0 radical (unpaired) electrons. The van der Waals surface area contributed by atoms with Crippen LogP contribution in [0.2, 0.25) is 0 Å². The lowest BCUT2D eigenvalue weighted by Crippen LogP contribution is -2.69. The van der Waals surface area contributed by atoms with E-state index in [4.69, 9.17) is 0 Å². The summed E-state index contributed by atoms with van der Waals surface area (Å²) in [7, 11) is 0. The highest BCUT2D eigenvalue weighted by atomic mass is 19.4. The zero-order valence-electron chi connectivity index (χ0n) is 16.3. The summed E-state index contributed by atoms with van der Waals surface area (Å²) in [5.74, 6) is -56.5. The van der Waals surface area contributed by atoms with E-state index in [0.29, 0.717) is 0 Å². The maximum atomic E-state index is 14.0. The van der Waals surface area contributed by atoms with E-state index in [0.717, 1.165) is 0 Å². The minimum Gasteiger partial charge on any atom is -0.287 e. The van der Waals surface area contributed by atoms with E-state index in [9.17, 15) is 92.6 Å². The van der Waals surface area contributed by atoms with Crippen LogP contribution in [0, 0.1) is 0 Å². The van der Waals surface area contributed by atoms with Crippen molar-refractivity contribution in [1.82, 2.24) is 0 Å². The van der Waals surface area contributed by atoms with Gasteiger partial charge in [-0.15, -0.1) is 0 Å². The van der Waals surface area contributed by atoms with E-state index in [1.165, 1.54) is 0 Å². The highest BCUT2D eigenvalue weighted by Crippen LogP contribution is 2.62. The third-order valence-electron chi connectivity index (χ3n) is 4.48. The summed E-state index contributed by atoms with van der Waals surface area (Å²) < 4.78 is 259. The summed E-state index contributed by atoms with van der Waals surface area (Å²) in [6, 6.07) is -3.08. The van der Waals surface area contributed by atoms with Gasteiger partial charge in [-0.25, -0.2) is 0 Å². The van der Waals surface area contributed by atoms with Crippen LogP contribution in [-0.4, -0.2) is 53.7 Å². The topological polar surface area (TPSA) is 17.1 Å². The Balaban J connectivity index is 3.55. The molecule has 0 saturated carbocycles. The summed E-state index contributed by atoms with van der Waals surface area (Å²) in [5, 5.41) is 0. The Hall–Kier alpha value is -2.51. The molecule has 1 aromatic carbocycles. The fraction of sp³-hybridized carbons (Fsp3) is 0.562. The van der Waals surface area contributed by atoms with Crippen LogP contribution in [-0.2, 0) is 5.92 Å². The number of Topliss-reactive ketones (excluding diaryl/α,β-unsaturated/α-hetero) is 1. The number of carbonyl (C=O) groups is 1. The molecular weight excluding hydrogens is 588 g/mol. The summed E-state index contributed by atoms with van der Waals surface area (Å²) in [6.07, 6.45) is -14.8. The van der Waals surface area contributed by atoms with E-state index in [1.807, 2.05) is 0 Å². The highest BCUT2D eigenvalue weighted by molar-refractivity contribution is 6.02. The molecule has 0 aliphatic carbocycles. The van der Waals surface area contributed by atoms with Crippen molar-refractivity contribution in [1.29, 1.82) is 0 Å². The second-order valence-corrected chi connectivity index (χ2v) is 6.92. The van der Waals surface area contributed by atoms with Crippen molar-refractivity contribution < 1.29 is 92.6 Å². The van der Waals surface area contributed by atoms with E-state index in [1.54, 1.807) is 0 Å². The van der Waals surface area contributed by atoms with Crippen LogP contribution in [0.15, 0.2) is 24.3 Å². The van der Waals surface area contributed by atoms with Crippen molar-refractivity contribution in [2.45, 2.75) is 53.8 Å². The van der Waals surface area contributed by atoms with Crippen LogP contribution >= 0.6 is 0 Å². The first-order valence-electron chi connectivity index (χ1n) is 8.31.